The van der Waals surface area contributed by atoms with Gasteiger partial charge in [0.1, 0.15) is 11.5 Å². The Labute approximate surface area is 229 Å². The fraction of sp³-hybridized carbons (Fsp3) is 0.500. The number of nitrogens with zero attached hydrogens (tertiary/aromatic N) is 1. The fourth-order valence-electron chi connectivity index (χ4n) is 4.74. The van der Waals surface area contributed by atoms with Crippen LogP contribution in [0.4, 0.5) is 11.4 Å². The van der Waals surface area contributed by atoms with Crippen LogP contribution in [0.5, 0.6) is 11.5 Å². The molecule has 1 saturated heterocycles. The first kappa shape index (κ1) is 29.1. The molecular formula is C28H37Cl2N3O4. The molecule has 1 aliphatic rings. The lowest BCUT2D eigenvalue weighted by molar-refractivity contribution is 0.0958. The number of carbonyl (C=O) groups excluding carboxylic acids is 2. The third kappa shape index (κ3) is 8.00. The number of likely N-dealkylation sites (tertiary alicyclic amines) is 1. The Kier molecular flexibility index (Phi) is 10.9. The van der Waals surface area contributed by atoms with E-state index in [1.807, 2.05) is 0 Å². The number of nitrogens with two attached hydrogens (primary N) is 1. The Morgan fingerprint density at radius 3 is 2.30 bits per heavy atom. The molecule has 202 valence electrons. The second-order valence-electron chi connectivity index (χ2n) is 9.54. The van der Waals surface area contributed by atoms with Crippen molar-refractivity contribution >= 4 is 46.1 Å². The van der Waals surface area contributed by atoms with Gasteiger partial charge in [0.05, 0.1) is 46.8 Å². The van der Waals surface area contributed by atoms with E-state index in [-0.39, 0.29) is 11.6 Å². The highest BCUT2D eigenvalue weighted by molar-refractivity contribution is 6.34. The van der Waals surface area contributed by atoms with Gasteiger partial charge >= 0.3 is 0 Å². The summed E-state index contributed by atoms with van der Waals surface area (Å²) in [5.74, 6) is 1.52. The molecule has 1 fully saturated rings. The molecule has 2 aromatic carbocycles. The van der Waals surface area contributed by atoms with E-state index in [9.17, 15) is 9.59 Å². The number of nitrogens with one attached hydrogen (secondary N) is 1. The van der Waals surface area contributed by atoms with Crippen LogP contribution in [0.2, 0.25) is 10.0 Å². The molecule has 0 bridgehead atoms. The third-order valence-corrected chi connectivity index (χ3v) is 7.63. The van der Waals surface area contributed by atoms with Crippen molar-refractivity contribution in [2.45, 2.75) is 45.4 Å². The highest BCUT2D eigenvalue weighted by Gasteiger charge is 2.21. The molecular weight excluding hydrogens is 513 g/mol. The summed E-state index contributed by atoms with van der Waals surface area (Å²) in [6.07, 6.45) is 5.63. The number of rotatable bonds is 13. The number of nitrogen functional groups attached to an aromatic ring is 1. The summed E-state index contributed by atoms with van der Waals surface area (Å²) in [6.45, 7) is 5.45. The number of hydrogen-bond donors (Lipinski definition) is 2. The Morgan fingerprint density at radius 2 is 1.65 bits per heavy atom. The van der Waals surface area contributed by atoms with Gasteiger partial charge < -0.3 is 25.4 Å². The molecule has 0 aromatic heterocycles. The predicted molar refractivity (Wildman–Crippen MR) is 151 cm³/mol. The van der Waals surface area contributed by atoms with Crippen molar-refractivity contribution in [2.24, 2.45) is 5.92 Å². The number of piperidine rings is 1. The van der Waals surface area contributed by atoms with E-state index in [0.717, 1.165) is 64.0 Å². The molecule has 0 amide bonds. The first-order valence-corrected chi connectivity index (χ1v) is 13.5. The van der Waals surface area contributed by atoms with Gasteiger partial charge in [0.25, 0.3) is 0 Å². The highest BCUT2D eigenvalue weighted by Crippen LogP contribution is 2.32. The average molecular weight is 551 g/mol. The van der Waals surface area contributed by atoms with E-state index in [4.69, 9.17) is 38.4 Å². The molecule has 7 nitrogen and oxygen atoms in total. The number of methoxy groups -OCH3 is 2. The van der Waals surface area contributed by atoms with Crippen LogP contribution in [-0.4, -0.2) is 56.9 Å². The molecule has 0 spiro atoms. The summed E-state index contributed by atoms with van der Waals surface area (Å²) < 4.78 is 10.7. The normalized spacial score (nSPS) is 14.4. The van der Waals surface area contributed by atoms with Gasteiger partial charge in [-0.2, -0.15) is 0 Å². The lowest BCUT2D eigenvalue weighted by atomic mass is 9.90. The zero-order valence-electron chi connectivity index (χ0n) is 21.9. The Hall–Kier alpha value is -2.48. The molecule has 0 radical (unpaired) electrons. The molecule has 2 aromatic rings. The van der Waals surface area contributed by atoms with Gasteiger partial charge in [-0.15, -0.1) is 0 Å². The van der Waals surface area contributed by atoms with Gasteiger partial charge in [-0.25, -0.2) is 0 Å². The number of ketones is 2. The van der Waals surface area contributed by atoms with Gasteiger partial charge in [0.2, 0.25) is 0 Å². The van der Waals surface area contributed by atoms with E-state index in [2.05, 4.69) is 10.2 Å². The van der Waals surface area contributed by atoms with E-state index in [1.165, 1.54) is 14.0 Å². The van der Waals surface area contributed by atoms with E-state index in [1.54, 1.807) is 31.4 Å². The zero-order valence-corrected chi connectivity index (χ0v) is 23.4. The Bertz CT molecular complexity index is 1100. The minimum Gasteiger partial charge on any atom is -0.496 e. The molecule has 37 heavy (non-hydrogen) atoms. The average Bonchev–Trinajstić information content (AvgIpc) is 2.89. The molecule has 9 heteroatoms. The topological polar surface area (TPSA) is 93.9 Å². The number of ether oxygens (including phenoxy) is 2. The largest absolute Gasteiger partial charge is 0.496 e. The van der Waals surface area contributed by atoms with Crippen LogP contribution in [0.15, 0.2) is 24.3 Å². The molecule has 0 atom stereocenters. The van der Waals surface area contributed by atoms with Crippen LogP contribution in [0.1, 0.15) is 66.2 Å². The van der Waals surface area contributed by atoms with Crippen molar-refractivity contribution in [3.05, 3.63) is 45.4 Å². The summed E-state index contributed by atoms with van der Waals surface area (Å²) in [5.41, 5.74) is 8.00. The van der Waals surface area contributed by atoms with Crippen LogP contribution in [0.3, 0.4) is 0 Å². The molecule has 3 rings (SSSR count). The van der Waals surface area contributed by atoms with E-state index < -0.39 is 0 Å². The van der Waals surface area contributed by atoms with Crippen molar-refractivity contribution < 1.29 is 19.1 Å². The summed E-state index contributed by atoms with van der Waals surface area (Å²) >= 11 is 12.5. The minimum atomic E-state index is -0.0763. The molecule has 1 aliphatic heterocycles. The van der Waals surface area contributed by atoms with Crippen molar-refractivity contribution in [1.82, 2.24) is 4.90 Å². The highest BCUT2D eigenvalue weighted by atomic mass is 35.5. The lowest BCUT2D eigenvalue weighted by Gasteiger charge is -2.32. The van der Waals surface area contributed by atoms with Gasteiger partial charge in [0, 0.05) is 25.1 Å². The molecule has 1 heterocycles. The summed E-state index contributed by atoms with van der Waals surface area (Å²) in [7, 11) is 3.08. The molecule has 0 saturated carbocycles. The standard InChI is InChI=1S/C28H37Cl2N3O4/c1-18(34)20-14-23(30)25(17-28(20)37-3)32-10-4-5-11-33-12-8-19(9-13-33)6-7-26(35)21-15-22(29)24(31)16-27(21)36-2/h14-17,19,32H,4-13,31H2,1-3H3. The van der Waals surface area contributed by atoms with Gasteiger partial charge in [0.15, 0.2) is 11.6 Å². The number of carbonyl (C=O) groups is 2. The maximum absolute atomic E-state index is 12.8. The van der Waals surface area contributed by atoms with Crippen molar-refractivity contribution in [3.8, 4) is 11.5 Å². The second kappa shape index (κ2) is 13.9. The zero-order chi connectivity index (χ0) is 26.9. The quantitative estimate of drug-likeness (QED) is 0.170. The Morgan fingerprint density at radius 1 is 1.00 bits per heavy atom. The van der Waals surface area contributed by atoms with Crippen LogP contribution >= 0.6 is 23.2 Å². The second-order valence-corrected chi connectivity index (χ2v) is 10.4. The fourth-order valence-corrected chi connectivity index (χ4v) is 5.13. The van der Waals surface area contributed by atoms with Crippen LogP contribution in [0.25, 0.3) is 0 Å². The number of benzene rings is 2. The number of hydrogen-bond acceptors (Lipinski definition) is 7. The minimum absolute atomic E-state index is 0.0438. The summed E-state index contributed by atoms with van der Waals surface area (Å²) in [5, 5.41) is 4.25. The predicted octanol–water partition coefficient (Wildman–Crippen LogP) is 6.36. The van der Waals surface area contributed by atoms with Crippen molar-refractivity contribution in [3.63, 3.8) is 0 Å². The first-order chi connectivity index (χ1) is 17.7. The van der Waals surface area contributed by atoms with E-state index >= 15 is 0 Å². The Balaban J connectivity index is 1.35. The van der Waals surface area contributed by atoms with Crippen LogP contribution in [-0.2, 0) is 0 Å². The number of Topliss-reactive ketones (excluding diaryl/α,β-unsaturated/α-hetero) is 2. The number of halogens is 2. The molecule has 0 unspecified atom stereocenters. The van der Waals surface area contributed by atoms with Gasteiger partial charge in [-0.1, -0.05) is 23.2 Å². The molecule has 0 aliphatic carbocycles. The van der Waals surface area contributed by atoms with Gasteiger partial charge in [-0.3, -0.25) is 9.59 Å². The van der Waals surface area contributed by atoms with Crippen LogP contribution < -0.4 is 20.5 Å². The summed E-state index contributed by atoms with van der Waals surface area (Å²) in [4.78, 5) is 27.0. The lowest BCUT2D eigenvalue weighted by Crippen LogP contribution is -2.34. The SMILES string of the molecule is COc1cc(NCCCCN2CCC(CCC(=O)c3cc(Cl)c(N)cc3OC)CC2)c(Cl)cc1C(C)=O. The molecule has 3 N–H and O–H groups in total. The number of unbranched alkanes of at least 4 members (excludes halogenated alkanes) is 1. The van der Waals surface area contributed by atoms with Crippen LogP contribution in [0, 0.1) is 5.92 Å². The summed E-state index contributed by atoms with van der Waals surface area (Å²) in [6, 6.07) is 6.66. The maximum Gasteiger partial charge on any atom is 0.166 e. The third-order valence-electron chi connectivity index (χ3n) is 6.99. The van der Waals surface area contributed by atoms with Crippen molar-refractivity contribution in [1.29, 1.82) is 0 Å². The van der Waals surface area contributed by atoms with E-state index in [0.29, 0.717) is 50.7 Å². The monoisotopic (exact) mass is 549 g/mol. The smallest absolute Gasteiger partial charge is 0.166 e. The maximum atomic E-state index is 12.8. The van der Waals surface area contributed by atoms with Crippen molar-refractivity contribution in [2.75, 3.05) is 51.4 Å². The first-order valence-electron chi connectivity index (χ1n) is 12.7. The van der Waals surface area contributed by atoms with Gasteiger partial charge in [-0.05, 0) is 76.7 Å². The number of anilines is 2.